The van der Waals surface area contributed by atoms with Crippen molar-refractivity contribution in [3.63, 3.8) is 0 Å². The number of anilines is 2. The quantitative estimate of drug-likeness (QED) is 0.839. The van der Waals surface area contributed by atoms with Gasteiger partial charge in [-0.3, -0.25) is 4.98 Å². The lowest BCUT2D eigenvalue weighted by Gasteiger charge is -2.39. The Morgan fingerprint density at radius 3 is 2.62 bits per heavy atom. The molecular weight excluding hydrogens is 258 g/mol. The Kier molecular flexibility index (Phi) is 3.52. The maximum Gasteiger partial charge on any atom is 0.0955 e. The monoisotopic (exact) mass is 283 g/mol. The number of pyridine rings is 1. The van der Waals surface area contributed by atoms with E-state index in [1.807, 2.05) is 18.3 Å². The summed E-state index contributed by atoms with van der Waals surface area (Å²) in [5, 5.41) is 1.05. The van der Waals surface area contributed by atoms with Gasteiger partial charge in [0.15, 0.2) is 0 Å². The first-order valence-electron chi connectivity index (χ1n) is 7.84. The summed E-state index contributed by atoms with van der Waals surface area (Å²) in [5.41, 5.74) is 9.60. The minimum absolute atomic E-state index is 0.499. The Bertz CT molecular complexity index is 638. The van der Waals surface area contributed by atoms with Crippen LogP contribution in [0.2, 0.25) is 0 Å². The lowest BCUT2D eigenvalue weighted by molar-refractivity contribution is 0.223. The second-order valence-electron chi connectivity index (χ2n) is 7.08. The number of nitrogen functional groups attached to an aromatic ring is 1. The van der Waals surface area contributed by atoms with E-state index in [0.29, 0.717) is 11.5 Å². The molecule has 0 saturated heterocycles. The van der Waals surface area contributed by atoms with Gasteiger partial charge < -0.3 is 10.6 Å². The van der Waals surface area contributed by atoms with E-state index in [2.05, 4.69) is 42.9 Å². The molecule has 1 aromatic carbocycles. The van der Waals surface area contributed by atoms with Crippen LogP contribution in [0.5, 0.6) is 0 Å². The average molecular weight is 283 g/mol. The van der Waals surface area contributed by atoms with Gasteiger partial charge in [-0.1, -0.05) is 13.8 Å². The molecule has 0 radical (unpaired) electrons. The highest BCUT2D eigenvalue weighted by Gasteiger charge is 2.29. The number of rotatable bonds is 2. The zero-order valence-corrected chi connectivity index (χ0v) is 13.3. The molecular formula is C18H25N3. The molecule has 0 unspecified atom stereocenters. The summed E-state index contributed by atoms with van der Waals surface area (Å²) in [5.74, 6) is 0. The van der Waals surface area contributed by atoms with Gasteiger partial charge in [0, 0.05) is 30.4 Å². The molecule has 21 heavy (non-hydrogen) atoms. The molecule has 112 valence electrons. The van der Waals surface area contributed by atoms with Crippen molar-refractivity contribution in [1.82, 2.24) is 4.98 Å². The van der Waals surface area contributed by atoms with E-state index in [4.69, 9.17) is 5.73 Å². The third kappa shape index (κ3) is 2.69. The molecule has 0 spiro atoms. The smallest absolute Gasteiger partial charge is 0.0955 e. The third-order valence-corrected chi connectivity index (χ3v) is 5.02. The van der Waals surface area contributed by atoms with Gasteiger partial charge in [0.1, 0.15) is 0 Å². The Labute approximate surface area is 127 Å². The molecule has 0 amide bonds. The van der Waals surface area contributed by atoms with Crippen LogP contribution in [0.15, 0.2) is 30.5 Å². The Morgan fingerprint density at radius 1 is 1.19 bits per heavy atom. The summed E-state index contributed by atoms with van der Waals surface area (Å²) in [6.45, 7) is 4.76. The van der Waals surface area contributed by atoms with Crippen molar-refractivity contribution in [2.45, 2.75) is 45.6 Å². The van der Waals surface area contributed by atoms with E-state index < -0.39 is 0 Å². The van der Waals surface area contributed by atoms with Gasteiger partial charge in [-0.05, 0) is 55.4 Å². The van der Waals surface area contributed by atoms with Gasteiger partial charge in [-0.2, -0.15) is 0 Å². The Hall–Kier alpha value is -1.77. The van der Waals surface area contributed by atoms with E-state index in [1.54, 1.807) is 0 Å². The van der Waals surface area contributed by atoms with Crippen LogP contribution < -0.4 is 10.6 Å². The molecule has 2 N–H and O–H groups in total. The van der Waals surface area contributed by atoms with Crippen molar-refractivity contribution in [3.05, 3.63) is 30.5 Å². The summed E-state index contributed by atoms with van der Waals surface area (Å²) in [7, 11) is 2.20. The molecule has 1 saturated carbocycles. The summed E-state index contributed by atoms with van der Waals surface area (Å²) < 4.78 is 0. The van der Waals surface area contributed by atoms with Gasteiger partial charge in [-0.25, -0.2) is 0 Å². The summed E-state index contributed by atoms with van der Waals surface area (Å²) >= 11 is 0. The summed E-state index contributed by atoms with van der Waals surface area (Å²) in [6, 6.07) is 8.73. The number of benzene rings is 1. The summed E-state index contributed by atoms with van der Waals surface area (Å²) in [6.07, 6.45) is 6.94. The van der Waals surface area contributed by atoms with Gasteiger partial charge in [0.05, 0.1) is 11.2 Å². The molecule has 1 aliphatic rings. The van der Waals surface area contributed by atoms with Gasteiger partial charge >= 0.3 is 0 Å². The first-order chi connectivity index (χ1) is 9.98. The molecule has 1 aliphatic carbocycles. The lowest BCUT2D eigenvalue weighted by atomic mass is 9.75. The number of nitrogens with zero attached hydrogens (tertiary/aromatic N) is 2. The highest BCUT2D eigenvalue weighted by Crippen LogP contribution is 2.39. The molecule has 1 fully saturated rings. The van der Waals surface area contributed by atoms with Crippen LogP contribution in [-0.4, -0.2) is 18.1 Å². The van der Waals surface area contributed by atoms with Crippen LogP contribution >= 0.6 is 0 Å². The van der Waals surface area contributed by atoms with E-state index in [9.17, 15) is 0 Å². The zero-order valence-electron chi connectivity index (χ0n) is 13.3. The standard InChI is InChI=1S/C18H25N3/c1-18(2)10-8-13(9-11-18)21(3)16-7-6-15(19)14-5-4-12-20-17(14)16/h4-7,12-13H,8-11,19H2,1-3H3. The zero-order chi connectivity index (χ0) is 15.0. The minimum Gasteiger partial charge on any atom is -0.398 e. The molecule has 3 nitrogen and oxygen atoms in total. The van der Waals surface area contributed by atoms with Crippen LogP contribution in [0.4, 0.5) is 11.4 Å². The Balaban J connectivity index is 1.92. The van der Waals surface area contributed by atoms with Crippen LogP contribution in [0.3, 0.4) is 0 Å². The molecule has 0 aliphatic heterocycles. The Morgan fingerprint density at radius 2 is 1.90 bits per heavy atom. The number of nitrogens with two attached hydrogens (primary N) is 1. The van der Waals surface area contributed by atoms with E-state index in [-0.39, 0.29) is 0 Å². The predicted octanol–water partition coefficient (Wildman–Crippen LogP) is 4.22. The number of fused-ring (bicyclic) bond motifs is 1. The fourth-order valence-electron chi connectivity index (χ4n) is 3.43. The SMILES string of the molecule is CN(c1ccc(N)c2cccnc12)C1CCC(C)(C)CC1. The highest BCUT2D eigenvalue weighted by molar-refractivity contribution is 5.98. The molecule has 1 aromatic heterocycles. The van der Waals surface area contributed by atoms with E-state index >= 15 is 0 Å². The maximum absolute atomic E-state index is 6.08. The van der Waals surface area contributed by atoms with Crippen LogP contribution in [0.1, 0.15) is 39.5 Å². The maximum atomic E-state index is 6.08. The van der Waals surface area contributed by atoms with Crippen molar-refractivity contribution in [2.24, 2.45) is 5.41 Å². The fraction of sp³-hybridized carbons (Fsp3) is 0.500. The first kappa shape index (κ1) is 14.2. The molecule has 0 bridgehead atoms. The first-order valence-corrected chi connectivity index (χ1v) is 7.84. The van der Waals surface area contributed by atoms with Crippen LogP contribution in [0.25, 0.3) is 10.9 Å². The predicted molar refractivity (Wildman–Crippen MR) is 90.6 cm³/mol. The van der Waals surface area contributed by atoms with Gasteiger partial charge in [-0.15, -0.1) is 0 Å². The number of hydrogen-bond donors (Lipinski definition) is 1. The largest absolute Gasteiger partial charge is 0.398 e. The average Bonchev–Trinajstić information content (AvgIpc) is 2.47. The van der Waals surface area contributed by atoms with Crippen molar-refractivity contribution in [3.8, 4) is 0 Å². The fourth-order valence-corrected chi connectivity index (χ4v) is 3.43. The third-order valence-electron chi connectivity index (χ3n) is 5.02. The van der Waals surface area contributed by atoms with E-state index in [1.165, 1.54) is 31.4 Å². The van der Waals surface area contributed by atoms with Crippen LogP contribution in [0, 0.1) is 5.41 Å². The summed E-state index contributed by atoms with van der Waals surface area (Å²) in [4.78, 5) is 6.97. The number of aromatic nitrogens is 1. The minimum atomic E-state index is 0.499. The van der Waals surface area contributed by atoms with Crippen molar-refractivity contribution >= 4 is 22.3 Å². The van der Waals surface area contributed by atoms with Gasteiger partial charge in [0.25, 0.3) is 0 Å². The van der Waals surface area contributed by atoms with Gasteiger partial charge in [0.2, 0.25) is 0 Å². The lowest BCUT2D eigenvalue weighted by Crippen LogP contribution is -2.37. The highest BCUT2D eigenvalue weighted by atomic mass is 15.1. The molecule has 3 heteroatoms. The topological polar surface area (TPSA) is 42.1 Å². The molecule has 1 heterocycles. The van der Waals surface area contributed by atoms with Crippen molar-refractivity contribution in [1.29, 1.82) is 0 Å². The van der Waals surface area contributed by atoms with Crippen LogP contribution in [-0.2, 0) is 0 Å². The second-order valence-corrected chi connectivity index (χ2v) is 7.08. The normalized spacial score (nSPS) is 18.8. The van der Waals surface area contributed by atoms with E-state index in [0.717, 1.165) is 16.6 Å². The van der Waals surface area contributed by atoms with Crippen molar-refractivity contribution < 1.29 is 0 Å². The van der Waals surface area contributed by atoms with Crippen molar-refractivity contribution in [2.75, 3.05) is 17.7 Å². The number of hydrogen-bond acceptors (Lipinski definition) is 3. The molecule has 2 aromatic rings. The molecule has 3 rings (SSSR count). The second kappa shape index (κ2) is 5.21. The molecule has 0 atom stereocenters.